The quantitative estimate of drug-likeness (QED) is 0.809. The third-order valence-electron chi connectivity index (χ3n) is 2.04. The Labute approximate surface area is 92.9 Å². The molecule has 7 heteroatoms. The molecular formula is C8H7BrN4O2. The Hall–Kier alpha value is -1.63. The van der Waals surface area contributed by atoms with Crippen molar-refractivity contribution < 1.29 is 9.90 Å². The number of carboxylic acids is 1. The van der Waals surface area contributed by atoms with Gasteiger partial charge in [0.2, 0.25) is 0 Å². The minimum absolute atomic E-state index is 0.0319. The molecule has 0 saturated heterocycles. The Balaban J connectivity index is 2.89. The van der Waals surface area contributed by atoms with Gasteiger partial charge in [0.15, 0.2) is 10.3 Å². The van der Waals surface area contributed by atoms with Crippen LogP contribution in [-0.4, -0.2) is 25.4 Å². The molecule has 2 aromatic rings. The summed E-state index contributed by atoms with van der Waals surface area (Å²) >= 11 is 3.22. The van der Waals surface area contributed by atoms with Crippen LogP contribution in [0.2, 0.25) is 0 Å². The largest absolute Gasteiger partial charge is 0.478 e. The summed E-state index contributed by atoms with van der Waals surface area (Å²) in [7, 11) is 0. The zero-order chi connectivity index (χ0) is 11.2. The molecule has 0 aromatic carbocycles. The van der Waals surface area contributed by atoms with E-state index in [2.05, 4.69) is 25.9 Å². The average Bonchev–Trinajstić information content (AvgIpc) is 2.43. The van der Waals surface area contributed by atoms with Gasteiger partial charge < -0.3 is 10.8 Å². The van der Waals surface area contributed by atoms with Crippen LogP contribution in [0.1, 0.15) is 16.2 Å². The normalized spacial score (nSPS) is 10.8. The molecule has 0 bridgehead atoms. The van der Waals surface area contributed by atoms with E-state index in [4.69, 9.17) is 10.8 Å². The van der Waals surface area contributed by atoms with E-state index in [1.165, 1.54) is 10.6 Å². The average molecular weight is 271 g/mol. The van der Waals surface area contributed by atoms with E-state index < -0.39 is 5.97 Å². The van der Waals surface area contributed by atoms with E-state index in [0.29, 0.717) is 16.1 Å². The summed E-state index contributed by atoms with van der Waals surface area (Å²) in [5.74, 6) is -0.390. The highest BCUT2D eigenvalue weighted by atomic mass is 79.9. The van der Waals surface area contributed by atoms with Crippen molar-refractivity contribution in [1.82, 2.24) is 14.4 Å². The van der Waals surface area contributed by atoms with Crippen LogP contribution in [0, 0.1) is 6.92 Å². The molecule has 2 aromatic heterocycles. The smallest absolute Gasteiger partial charge is 0.340 e. The fourth-order valence-electron chi connectivity index (χ4n) is 1.36. The van der Waals surface area contributed by atoms with E-state index in [9.17, 15) is 4.79 Å². The monoisotopic (exact) mass is 270 g/mol. The molecule has 0 unspecified atom stereocenters. The first-order chi connectivity index (χ1) is 7.02. The first-order valence-corrected chi connectivity index (χ1v) is 4.84. The van der Waals surface area contributed by atoms with Gasteiger partial charge in [-0.1, -0.05) is 0 Å². The standard InChI is InChI=1S/C8H7BrN4O2/c1-3-12-5(9)7-11-2-4(8(14)15)6(10)13(3)7/h2H,10H2,1H3,(H,14,15). The van der Waals surface area contributed by atoms with Gasteiger partial charge in [0, 0.05) is 6.20 Å². The number of carboxylic acid groups (broad SMARTS) is 1. The van der Waals surface area contributed by atoms with Crippen LogP contribution >= 0.6 is 15.9 Å². The first-order valence-electron chi connectivity index (χ1n) is 4.04. The molecule has 2 rings (SSSR count). The topological polar surface area (TPSA) is 93.5 Å². The molecule has 0 saturated carbocycles. The second-order valence-corrected chi connectivity index (χ2v) is 3.72. The number of anilines is 1. The van der Waals surface area contributed by atoms with Crippen LogP contribution < -0.4 is 5.73 Å². The molecule has 0 aliphatic heterocycles. The Bertz CT molecular complexity index is 563. The third-order valence-corrected chi connectivity index (χ3v) is 2.58. The molecular weight excluding hydrogens is 264 g/mol. The number of hydrogen-bond donors (Lipinski definition) is 2. The fraction of sp³-hybridized carbons (Fsp3) is 0.125. The molecule has 0 spiro atoms. The van der Waals surface area contributed by atoms with Crippen LogP contribution in [-0.2, 0) is 0 Å². The number of carbonyl (C=O) groups is 1. The van der Waals surface area contributed by atoms with Gasteiger partial charge in [-0.05, 0) is 22.9 Å². The number of nitrogen functional groups attached to an aromatic ring is 1. The maximum Gasteiger partial charge on any atom is 0.340 e. The summed E-state index contributed by atoms with van der Waals surface area (Å²) in [5.41, 5.74) is 6.19. The maximum absolute atomic E-state index is 10.8. The number of rotatable bonds is 1. The zero-order valence-corrected chi connectivity index (χ0v) is 9.32. The molecule has 78 valence electrons. The highest BCUT2D eigenvalue weighted by Crippen LogP contribution is 2.21. The molecule has 3 N–H and O–H groups in total. The number of aryl methyl sites for hydroxylation is 1. The van der Waals surface area contributed by atoms with Crippen molar-refractivity contribution >= 4 is 33.4 Å². The molecule has 2 heterocycles. The molecule has 6 nitrogen and oxygen atoms in total. The molecule has 0 amide bonds. The van der Waals surface area contributed by atoms with Gasteiger partial charge in [0.25, 0.3) is 0 Å². The van der Waals surface area contributed by atoms with Crippen LogP contribution in [0.3, 0.4) is 0 Å². The minimum Gasteiger partial charge on any atom is -0.478 e. The number of aromatic nitrogens is 3. The van der Waals surface area contributed by atoms with E-state index in [1.807, 2.05) is 0 Å². The van der Waals surface area contributed by atoms with Gasteiger partial charge in [-0.3, -0.25) is 4.40 Å². The maximum atomic E-state index is 10.8. The van der Waals surface area contributed by atoms with E-state index in [0.717, 1.165) is 0 Å². The van der Waals surface area contributed by atoms with Gasteiger partial charge >= 0.3 is 5.97 Å². The highest BCUT2D eigenvalue weighted by Gasteiger charge is 2.16. The highest BCUT2D eigenvalue weighted by molar-refractivity contribution is 9.10. The molecule has 0 radical (unpaired) electrons. The summed E-state index contributed by atoms with van der Waals surface area (Å²) in [6.07, 6.45) is 1.22. The fourth-order valence-corrected chi connectivity index (χ4v) is 1.90. The summed E-state index contributed by atoms with van der Waals surface area (Å²) in [4.78, 5) is 18.9. The summed E-state index contributed by atoms with van der Waals surface area (Å²) in [6, 6.07) is 0. The zero-order valence-electron chi connectivity index (χ0n) is 7.73. The Morgan fingerprint density at radius 3 is 2.93 bits per heavy atom. The van der Waals surface area contributed by atoms with Crippen LogP contribution in [0.4, 0.5) is 5.82 Å². The van der Waals surface area contributed by atoms with Gasteiger partial charge in [-0.15, -0.1) is 0 Å². The lowest BCUT2D eigenvalue weighted by molar-refractivity contribution is 0.0697. The minimum atomic E-state index is -1.11. The Morgan fingerprint density at radius 2 is 2.33 bits per heavy atom. The van der Waals surface area contributed by atoms with Crippen molar-refractivity contribution in [3.63, 3.8) is 0 Å². The number of hydrogen-bond acceptors (Lipinski definition) is 4. The molecule has 0 aliphatic carbocycles. The predicted molar refractivity (Wildman–Crippen MR) is 56.8 cm³/mol. The number of aromatic carboxylic acids is 1. The molecule has 0 atom stereocenters. The molecule has 0 aliphatic rings. The third kappa shape index (κ3) is 1.35. The number of nitrogens with two attached hydrogens (primary N) is 1. The van der Waals surface area contributed by atoms with Gasteiger partial charge in [0.1, 0.15) is 17.2 Å². The van der Waals surface area contributed by atoms with Crippen molar-refractivity contribution in [2.45, 2.75) is 6.92 Å². The Kier molecular flexibility index (Phi) is 2.11. The number of halogens is 1. The number of imidazole rings is 1. The number of nitrogens with zero attached hydrogens (tertiary/aromatic N) is 3. The second kappa shape index (κ2) is 3.20. The van der Waals surface area contributed by atoms with E-state index in [-0.39, 0.29) is 11.4 Å². The van der Waals surface area contributed by atoms with Crippen LogP contribution in [0.5, 0.6) is 0 Å². The lowest BCUT2D eigenvalue weighted by Crippen LogP contribution is -2.09. The summed E-state index contributed by atoms with van der Waals surface area (Å²) < 4.78 is 2.04. The van der Waals surface area contributed by atoms with Crippen molar-refractivity contribution in [3.05, 3.63) is 22.2 Å². The summed E-state index contributed by atoms with van der Waals surface area (Å²) in [5, 5.41) is 8.86. The van der Waals surface area contributed by atoms with E-state index >= 15 is 0 Å². The summed E-state index contributed by atoms with van der Waals surface area (Å²) in [6.45, 7) is 1.72. The van der Waals surface area contributed by atoms with Crippen LogP contribution in [0.15, 0.2) is 10.8 Å². The Morgan fingerprint density at radius 1 is 1.67 bits per heavy atom. The lowest BCUT2D eigenvalue weighted by atomic mass is 10.3. The van der Waals surface area contributed by atoms with Crippen molar-refractivity contribution in [3.8, 4) is 0 Å². The van der Waals surface area contributed by atoms with Crippen molar-refractivity contribution in [2.75, 3.05) is 5.73 Å². The van der Waals surface area contributed by atoms with Gasteiger partial charge in [-0.2, -0.15) is 0 Å². The van der Waals surface area contributed by atoms with Crippen molar-refractivity contribution in [2.24, 2.45) is 0 Å². The van der Waals surface area contributed by atoms with Crippen LogP contribution in [0.25, 0.3) is 5.65 Å². The van der Waals surface area contributed by atoms with Crippen molar-refractivity contribution in [1.29, 1.82) is 0 Å². The number of fused-ring (bicyclic) bond motifs is 1. The predicted octanol–water partition coefficient (Wildman–Crippen LogP) is 1.08. The molecule has 0 fully saturated rings. The lowest BCUT2D eigenvalue weighted by Gasteiger charge is -2.04. The van der Waals surface area contributed by atoms with E-state index in [1.54, 1.807) is 6.92 Å². The molecule has 15 heavy (non-hydrogen) atoms. The van der Waals surface area contributed by atoms with Gasteiger partial charge in [0.05, 0.1) is 0 Å². The second-order valence-electron chi connectivity index (χ2n) is 2.97. The van der Waals surface area contributed by atoms with Gasteiger partial charge in [-0.25, -0.2) is 14.8 Å². The first kappa shape index (κ1) is 9.91. The SMILES string of the molecule is Cc1nc(Br)c2ncc(C(=O)O)c(N)n12.